The molecule has 1 aliphatic heterocycles. The van der Waals surface area contributed by atoms with Gasteiger partial charge in [-0.1, -0.05) is 17.7 Å². The Balaban J connectivity index is 1.97. The maximum Gasteiger partial charge on any atom is 0.419 e. The van der Waals surface area contributed by atoms with Gasteiger partial charge in [-0.15, -0.1) is 0 Å². The Kier molecular flexibility index (Phi) is 8.34. The molecule has 16 heteroatoms. The number of hydrogen-bond donors (Lipinski definition) is 1. The van der Waals surface area contributed by atoms with E-state index in [4.69, 9.17) is 16.3 Å². The number of urea groups is 1. The second kappa shape index (κ2) is 10.9. The topological polar surface area (TPSA) is 80.2 Å². The van der Waals surface area contributed by atoms with Crippen molar-refractivity contribution < 1.29 is 54.2 Å². The molecule has 0 radical (unpaired) electrons. The number of nitrogens with one attached hydrogen (secondary N) is 1. The number of carbonyl (C=O) groups excluding carboxylic acids is 2. The van der Waals surface area contributed by atoms with E-state index in [0.717, 1.165) is 18.2 Å². The van der Waals surface area contributed by atoms with Crippen LogP contribution in [0.2, 0.25) is 5.02 Å². The van der Waals surface area contributed by atoms with Crippen molar-refractivity contribution in [1.82, 2.24) is 5.01 Å². The summed E-state index contributed by atoms with van der Waals surface area (Å²) in [6, 6.07) is 3.18. The third-order valence-corrected chi connectivity index (χ3v) is 5.78. The van der Waals surface area contributed by atoms with Gasteiger partial charge in [0.2, 0.25) is 0 Å². The zero-order chi connectivity index (χ0) is 29.3. The number of hydrazone groups is 1. The first-order valence-corrected chi connectivity index (χ1v) is 11.2. The van der Waals surface area contributed by atoms with E-state index in [2.05, 4.69) is 15.2 Å². The summed E-state index contributed by atoms with van der Waals surface area (Å²) in [5.74, 6) is -2.13. The number of carbonyl (C=O) groups is 2. The number of anilines is 1. The lowest BCUT2D eigenvalue weighted by molar-refractivity contribution is -0.150. The lowest BCUT2D eigenvalue weighted by Crippen LogP contribution is -2.42. The van der Waals surface area contributed by atoms with E-state index in [1.54, 1.807) is 0 Å². The summed E-state index contributed by atoms with van der Waals surface area (Å²) < 4.78 is 113. The predicted molar refractivity (Wildman–Crippen MR) is 122 cm³/mol. The van der Waals surface area contributed by atoms with Gasteiger partial charge in [0, 0.05) is 17.3 Å². The molecule has 0 saturated carbocycles. The Hall–Kier alpha value is -3.62. The number of halogens is 9. The summed E-state index contributed by atoms with van der Waals surface area (Å²) in [4.78, 5) is 25.7. The van der Waals surface area contributed by atoms with Crippen LogP contribution in [0, 0.1) is 5.41 Å². The molecule has 212 valence electrons. The van der Waals surface area contributed by atoms with E-state index in [1.807, 2.05) is 0 Å². The molecule has 0 aliphatic carbocycles. The first-order valence-electron chi connectivity index (χ1n) is 10.9. The fourth-order valence-electron chi connectivity index (χ4n) is 3.69. The molecule has 0 saturated heterocycles. The summed E-state index contributed by atoms with van der Waals surface area (Å²) in [6.07, 6.45) is -9.80. The van der Waals surface area contributed by atoms with Crippen molar-refractivity contribution in [1.29, 1.82) is 0 Å². The number of benzene rings is 2. The minimum absolute atomic E-state index is 0.0407. The first kappa shape index (κ1) is 29.9. The second-order valence-corrected chi connectivity index (χ2v) is 8.68. The molecule has 0 aromatic heterocycles. The minimum Gasteiger partial charge on any atom is -0.465 e. The molecule has 3 rings (SSSR count). The summed E-state index contributed by atoms with van der Waals surface area (Å²) in [5, 5.41) is 6.18. The van der Waals surface area contributed by atoms with Crippen molar-refractivity contribution in [3.63, 3.8) is 0 Å². The van der Waals surface area contributed by atoms with Gasteiger partial charge in [-0.2, -0.15) is 40.2 Å². The molecule has 1 unspecified atom stereocenters. The van der Waals surface area contributed by atoms with E-state index in [-0.39, 0.29) is 23.6 Å². The summed E-state index contributed by atoms with van der Waals surface area (Å²) in [6.45, 7) is -1.36. The van der Waals surface area contributed by atoms with Gasteiger partial charge < -0.3 is 14.8 Å². The number of alkyl halides is 8. The van der Waals surface area contributed by atoms with Crippen LogP contribution in [0.4, 0.5) is 45.6 Å². The van der Waals surface area contributed by atoms with Crippen LogP contribution in [0.5, 0.6) is 5.75 Å². The van der Waals surface area contributed by atoms with Crippen molar-refractivity contribution in [2.45, 2.75) is 32.8 Å². The molecule has 0 fully saturated rings. The van der Waals surface area contributed by atoms with Crippen LogP contribution in [0.25, 0.3) is 0 Å². The van der Waals surface area contributed by atoms with Crippen molar-refractivity contribution in [3.05, 3.63) is 58.1 Å². The predicted octanol–water partition coefficient (Wildman–Crippen LogP) is 6.80. The van der Waals surface area contributed by atoms with Gasteiger partial charge in [0.05, 0.1) is 35.0 Å². The normalized spacial score (nSPS) is 17.7. The fraction of sp³-hybridized carbons (Fsp3) is 0.348. The van der Waals surface area contributed by atoms with Gasteiger partial charge in [-0.3, -0.25) is 4.79 Å². The molecule has 0 spiro atoms. The van der Waals surface area contributed by atoms with Crippen LogP contribution >= 0.6 is 11.6 Å². The Morgan fingerprint density at radius 2 is 1.69 bits per heavy atom. The maximum absolute atomic E-state index is 13.1. The van der Waals surface area contributed by atoms with Crippen molar-refractivity contribution in [2.75, 3.05) is 18.5 Å². The monoisotopic (exact) mass is 587 g/mol. The van der Waals surface area contributed by atoms with Gasteiger partial charge in [0.25, 0.3) is 0 Å². The van der Waals surface area contributed by atoms with Crippen LogP contribution in [0.15, 0.2) is 41.5 Å². The second-order valence-electron chi connectivity index (χ2n) is 8.27. The molecular weight excluding hydrogens is 570 g/mol. The van der Waals surface area contributed by atoms with Gasteiger partial charge >= 0.3 is 31.0 Å². The van der Waals surface area contributed by atoms with Gasteiger partial charge in [0.15, 0.2) is 0 Å². The largest absolute Gasteiger partial charge is 0.465 e. The smallest absolute Gasteiger partial charge is 0.419 e. The Morgan fingerprint density at radius 3 is 2.23 bits per heavy atom. The summed E-state index contributed by atoms with van der Waals surface area (Å²) in [5.41, 5.74) is -4.97. The number of nitrogens with zero attached hydrogens (tertiary/aromatic N) is 2. The SMILES string of the molecule is CCOC(=O)C1(C)CN(C(=O)Nc2ccc(C(F)(F)F)c(OC(F)F)c2)N=C1c1ccc(C(F)(F)F)c(Cl)c1. The number of rotatable bonds is 6. The number of ether oxygens (including phenoxy) is 2. The lowest BCUT2D eigenvalue weighted by Gasteiger charge is -2.24. The Bertz CT molecular complexity index is 1300. The Labute approximate surface area is 220 Å². The highest BCUT2D eigenvalue weighted by Gasteiger charge is 2.49. The van der Waals surface area contributed by atoms with Crippen LogP contribution in [0.3, 0.4) is 0 Å². The number of hydrogen-bond acceptors (Lipinski definition) is 5. The highest BCUT2D eigenvalue weighted by Crippen LogP contribution is 2.40. The van der Waals surface area contributed by atoms with Crippen LogP contribution in [-0.2, 0) is 21.9 Å². The standard InChI is InChI=1S/C23H18ClF8N3O4/c1-3-38-18(36)21(2)10-35(34-17(21)11-4-6-13(15(24)8-11)22(27,28)29)20(37)33-12-5-7-14(23(30,31)32)16(9-12)39-19(25)26/h4-9,19H,3,10H2,1-2H3,(H,33,37). The van der Waals surface area contributed by atoms with E-state index in [0.29, 0.717) is 23.2 Å². The van der Waals surface area contributed by atoms with Gasteiger partial charge in [-0.25, -0.2) is 9.80 Å². The highest BCUT2D eigenvalue weighted by atomic mass is 35.5. The molecule has 1 atom stereocenters. The third kappa shape index (κ3) is 6.52. The van der Waals surface area contributed by atoms with Crippen LogP contribution < -0.4 is 10.1 Å². The maximum atomic E-state index is 13.1. The zero-order valence-corrected chi connectivity index (χ0v) is 20.6. The van der Waals surface area contributed by atoms with E-state index < -0.39 is 64.8 Å². The molecule has 1 heterocycles. The Morgan fingerprint density at radius 1 is 1.08 bits per heavy atom. The molecule has 1 N–H and O–H groups in total. The zero-order valence-electron chi connectivity index (χ0n) is 19.9. The lowest BCUT2D eigenvalue weighted by atomic mass is 9.82. The molecule has 2 aromatic carbocycles. The average molecular weight is 588 g/mol. The molecule has 39 heavy (non-hydrogen) atoms. The van der Waals surface area contributed by atoms with Crippen molar-refractivity contribution >= 4 is 35.0 Å². The van der Waals surface area contributed by atoms with E-state index >= 15 is 0 Å². The molecule has 1 aliphatic rings. The van der Waals surface area contributed by atoms with Gasteiger partial charge in [-0.05, 0) is 38.1 Å². The number of esters is 1. The molecular formula is C23H18ClF8N3O4. The molecule has 2 aromatic rings. The quantitative estimate of drug-likeness (QED) is 0.298. The summed E-state index contributed by atoms with van der Waals surface area (Å²) in [7, 11) is 0. The molecule has 0 bridgehead atoms. The minimum atomic E-state index is -5.04. The third-order valence-electron chi connectivity index (χ3n) is 5.47. The average Bonchev–Trinajstić information content (AvgIpc) is 3.16. The van der Waals surface area contributed by atoms with Crippen molar-refractivity contribution in [2.24, 2.45) is 10.5 Å². The molecule has 2 amide bonds. The van der Waals surface area contributed by atoms with E-state index in [1.165, 1.54) is 13.8 Å². The number of amides is 2. The highest BCUT2D eigenvalue weighted by molar-refractivity contribution is 6.32. The van der Waals surface area contributed by atoms with Crippen molar-refractivity contribution in [3.8, 4) is 5.75 Å². The van der Waals surface area contributed by atoms with Crippen LogP contribution in [0.1, 0.15) is 30.5 Å². The summed E-state index contributed by atoms with van der Waals surface area (Å²) >= 11 is 5.80. The fourth-order valence-corrected chi connectivity index (χ4v) is 3.98. The molecule has 7 nitrogen and oxygen atoms in total. The first-order chi connectivity index (χ1) is 18.0. The van der Waals surface area contributed by atoms with Crippen LogP contribution in [-0.4, -0.2) is 42.5 Å². The van der Waals surface area contributed by atoms with Gasteiger partial charge in [0.1, 0.15) is 11.2 Å². The van der Waals surface area contributed by atoms with E-state index in [9.17, 15) is 44.7 Å².